The number of carbonyl (C=O) groups excluding carboxylic acids is 2. The van der Waals surface area contributed by atoms with Gasteiger partial charge in [-0.1, -0.05) is 30.4 Å². The average Bonchev–Trinajstić information content (AvgIpc) is 3.32. The Kier molecular flexibility index (Phi) is 3.62. The number of nitrogens with one attached hydrogen (secondary N) is 1. The first-order chi connectivity index (χ1) is 13.2. The third-order valence-corrected chi connectivity index (χ3v) is 5.65. The monoisotopic (exact) mass is 361 g/mol. The van der Waals surface area contributed by atoms with Gasteiger partial charge in [0, 0.05) is 24.6 Å². The lowest BCUT2D eigenvalue weighted by molar-refractivity contribution is -0.136. The van der Waals surface area contributed by atoms with Gasteiger partial charge >= 0.3 is 0 Å². The highest BCUT2D eigenvalue weighted by Gasteiger charge is 2.66. The van der Waals surface area contributed by atoms with Gasteiger partial charge in [0.15, 0.2) is 0 Å². The van der Waals surface area contributed by atoms with Crippen molar-refractivity contribution in [3.05, 3.63) is 72.6 Å². The van der Waals surface area contributed by atoms with E-state index in [1.807, 2.05) is 54.6 Å². The Morgan fingerprint density at radius 1 is 1.22 bits per heavy atom. The summed E-state index contributed by atoms with van der Waals surface area (Å²) in [7, 11) is 0. The fourth-order valence-electron chi connectivity index (χ4n) is 4.47. The third-order valence-electron chi connectivity index (χ3n) is 5.65. The molecule has 2 saturated heterocycles. The number of ether oxygens (including phenoxy) is 1. The quantitative estimate of drug-likeness (QED) is 0.846. The van der Waals surface area contributed by atoms with E-state index in [0.29, 0.717) is 13.1 Å². The van der Waals surface area contributed by atoms with Crippen molar-refractivity contribution in [2.24, 2.45) is 11.8 Å². The smallest absolute Gasteiger partial charge is 0.231 e. The maximum Gasteiger partial charge on any atom is 0.231 e. The fraction of sp³-hybridized carbons (Fsp3) is 0.286. The minimum absolute atomic E-state index is 0.0214. The topological polar surface area (TPSA) is 71.5 Å². The van der Waals surface area contributed by atoms with E-state index in [-0.39, 0.29) is 17.9 Å². The lowest BCUT2D eigenvalue weighted by atomic mass is 9.77. The van der Waals surface area contributed by atoms with Crippen LogP contribution in [0.5, 0.6) is 0 Å². The molecular weight excluding hydrogens is 342 g/mol. The number of rotatable bonds is 4. The molecule has 1 spiro atoms. The zero-order chi connectivity index (χ0) is 18.4. The van der Waals surface area contributed by atoms with Crippen LogP contribution < -0.4 is 5.32 Å². The summed E-state index contributed by atoms with van der Waals surface area (Å²) in [5.74, 6) is -1.17. The molecule has 27 heavy (non-hydrogen) atoms. The first-order valence-corrected chi connectivity index (χ1v) is 9.07. The number of anilines is 1. The van der Waals surface area contributed by atoms with E-state index in [9.17, 15) is 9.59 Å². The number of hydrogen-bond donors (Lipinski definition) is 1. The Hall–Kier alpha value is -2.99. The number of amides is 2. The number of nitrogens with zero attached hydrogens (tertiary/aromatic N) is 2. The molecule has 0 aliphatic carbocycles. The molecule has 3 aliphatic heterocycles. The lowest BCUT2D eigenvalue weighted by Crippen LogP contribution is -2.41. The SMILES string of the molecule is O=C(Nc1ccccc1)[C@@H]1[C@H]2C(=O)N(Cc3ccncc3)C[C@@]23C=C[C@H]1O3. The number of benzene rings is 1. The number of carbonyl (C=O) groups is 2. The van der Waals surface area contributed by atoms with Crippen LogP contribution in [0.4, 0.5) is 5.69 Å². The van der Waals surface area contributed by atoms with Crippen LogP contribution in [-0.2, 0) is 20.9 Å². The van der Waals surface area contributed by atoms with E-state index < -0.39 is 17.4 Å². The second kappa shape index (κ2) is 6.03. The maximum absolute atomic E-state index is 13.2. The Labute approximate surface area is 156 Å². The normalized spacial score (nSPS) is 30.6. The lowest BCUT2D eigenvalue weighted by Gasteiger charge is -2.23. The molecule has 2 aromatic rings. The summed E-state index contributed by atoms with van der Waals surface area (Å²) in [4.78, 5) is 31.9. The predicted molar refractivity (Wildman–Crippen MR) is 98.4 cm³/mol. The minimum Gasteiger partial charge on any atom is -0.360 e. The Morgan fingerprint density at radius 2 is 2.00 bits per heavy atom. The van der Waals surface area contributed by atoms with Crippen LogP contribution in [0.1, 0.15) is 5.56 Å². The standard InChI is InChI=1S/C21H19N3O3/c25-19(23-15-4-2-1-3-5-15)17-16-6-9-21(27-16)13-24(20(26)18(17)21)12-14-7-10-22-11-8-14/h1-11,16-18H,12-13H2,(H,23,25)/t16-,17+,18+,21+/m1/s1. The van der Waals surface area contributed by atoms with Gasteiger partial charge in [-0.05, 0) is 29.8 Å². The van der Waals surface area contributed by atoms with Gasteiger partial charge in [0.2, 0.25) is 11.8 Å². The van der Waals surface area contributed by atoms with Crippen molar-refractivity contribution in [1.82, 2.24) is 9.88 Å². The predicted octanol–water partition coefficient (Wildman–Crippen LogP) is 2.00. The molecule has 0 saturated carbocycles. The fourth-order valence-corrected chi connectivity index (χ4v) is 4.47. The number of aromatic nitrogens is 1. The number of likely N-dealkylation sites (tertiary alicyclic amines) is 1. The van der Waals surface area contributed by atoms with Crippen LogP contribution >= 0.6 is 0 Å². The van der Waals surface area contributed by atoms with Crippen molar-refractivity contribution in [1.29, 1.82) is 0 Å². The Morgan fingerprint density at radius 3 is 2.78 bits per heavy atom. The highest BCUT2D eigenvalue weighted by molar-refractivity contribution is 5.99. The molecule has 1 aromatic carbocycles. The van der Waals surface area contributed by atoms with E-state index in [0.717, 1.165) is 11.3 Å². The van der Waals surface area contributed by atoms with Crippen molar-refractivity contribution in [2.75, 3.05) is 11.9 Å². The molecule has 5 rings (SSSR count). The number of pyridine rings is 1. The van der Waals surface area contributed by atoms with Crippen LogP contribution in [0.15, 0.2) is 67.0 Å². The zero-order valence-corrected chi connectivity index (χ0v) is 14.6. The van der Waals surface area contributed by atoms with E-state index in [1.165, 1.54) is 0 Å². The molecular formula is C21H19N3O3. The summed E-state index contributed by atoms with van der Waals surface area (Å²) in [6, 6.07) is 13.1. The molecule has 136 valence electrons. The molecule has 2 fully saturated rings. The number of hydrogen-bond acceptors (Lipinski definition) is 4. The van der Waals surface area contributed by atoms with Gasteiger partial charge < -0.3 is 15.0 Å². The van der Waals surface area contributed by atoms with Crippen molar-refractivity contribution < 1.29 is 14.3 Å². The minimum atomic E-state index is -0.687. The second-order valence-corrected chi connectivity index (χ2v) is 7.31. The van der Waals surface area contributed by atoms with E-state index >= 15 is 0 Å². The van der Waals surface area contributed by atoms with Crippen LogP contribution in [0, 0.1) is 11.8 Å². The van der Waals surface area contributed by atoms with Gasteiger partial charge in [0.25, 0.3) is 0 Å². The zero-order valence-electron chi connectivity index (χ0n) is 14.6. The molecule has 0 unspecified atom stereocenters. The molecule has 1 N–H and O–H groups in total. The molecule has 6 nitrogen and oxygen atoms in total. The van der Waals surface area contributed by atoms with Crippen LogP contribution in [0.25, 0.3) is 0 Å². The molecule has 6 heteroatoms. The van der Waals surface area contributed by atoms with Crippen molar-refractivity contribution in [3.8, 4) is 0 Å². The largest absolute Gasteiger partial charge is 0.360 e. The second-order valence-electron chi connectivity index (χ2n) is 7.31. The van der Waals surface area contributed by atoms with Crippen molar-refractivity contribution in [2.45, 2.75) is 18.2 Å². The molecule has 2 amide bonds. The van der Waals surface area contributed by atoms with Crippen LogP contribution in [-0.4, -0.2) is 39.9 Å². The summed E-state index contributed by atoms with van der Waals surface area (Å²) in [6.45, 7) is 0.968. The average molecular weight is 361 g/mol. The first-order valence-electron chi connectivity index (χ1n) is 9.07. The van der Waals surface area contributed by atoms with Gasteiger partial charge in [-0.2, -0.15) is 0 Å². The molecule has 4 atom stereocenters. The summed E-state index contributed by atoms with van der Waals surface area (Å²) in [6.07, 6.45) is 6.99. The summed E-state index contributed by atoms with van der Waals surface area (Å²) in [5, 5.41) is 2.93. The molecule has 0 radical (unpaired) electrons. The van der Waals surface area contributed by atoms with E-state index in [2.05, 4.69) is 10.3 Å². The Balaban J connectivity index is 1.39. The summed E-state index contributed by atoms with van der Waals surface area (Å²) < 4.78 is 6.15. The van der Waals surface area contributed by atoms with E-state index in [1.54, 1.807) is 17.3 Å². The highest BCUT2D eigenvalue weighted by atomic mass is 16.5. The van der Waals surface area contributed by atoms with Crippen LogP contribution in [0.3, 0.4) is 0 Å². The number of para-hydroxylation sites is 1. The molecule has 3 aliphatic rings. The van der Waals surface area contributed by atoms with Gasteiger partial charge in [-0.25, -0.2) is 0 Å². The maximum atomic E-state index is 13.2. The van der Waals surface area contributed by atoms with E-state index in [4.69, 9.17) is 4.74 Å². The summed E-state index contributed by atoms with van der Waals surface area (Å²) >= 11 is 0. The Bertz CT molecular complexity index is 915. The summed E-state index contributed by atoms with van der Waals surface area (Å²) in [5.41, 5.74) is 1.05. The van der Waals surface area contributed by atoms with Gasteiger partial charge in [-0.15, -0.1) is 0 Å². The van der Waals surface area contributed by atoms with Crippen LogP contribution in [0.2, 0.25) is 0 Å². The van der Waals surface area contributed by atoms with Crippen molar-refractivity contribution >= 4 is 17.5 Å². The van der Waals surface area contributed by atoms with Gasteiger partial charge in [0.05, 0.1) is 24.5 Å². The van der Waals surface area contributed by atoms with Crippen molar-refractivity contribution in [3.63, 3.8) is 0 Å². The molecule has 4 heterocycles. The number of fused-ring (bicyclic) bond motifs is 1. The van der Waals surface area contributed by atoms with Gasteiger partial charge in [0.1, 0.15) is 5.60 Å². The third kappa shape index (κ3) is 2.56. The highest BCUT2D eigenvalue weighted by Crippen LogP contribution is 2.52. The first kappa shape index (κ1) is 16.2. The molecule has 1 aromatic heterocycles. The van der Waals surface area contributed by atoms with Gasteiger partial charge in [-0.3, -0.25) is 14.6 Å². The molecule has 2 bridgehead atoms.